The summed E-state index contributed by atoms with van der Waals surface area (Å²) in [5.41, 5.74) is -0.0494. The molecule has 2 aromatic rings. The van der Waals surface area contributed by atoms with Gasteiger partial charge in [-0.1, -0.05) is 24.2 Å². The van der Waals surface area contributed by atoms with Crippen LogP contribution < -0.4 is 0 Å². The third kappa shape index (κ3) is 3.42. The second-order valence-electron chi connectivity index (χ2n) is 5.77. The summed E-state index contributed by atoms with van der Waals surface area (Å²) in [4.78, 5) is 18.0. The molecule has 1 atom stereocenters. The zero-order valence-electron chi connectivity index (χ0n) is 13.0. The SMILES string of the molecule is CCc1noc(C2CC(=O)N(Cc3ccc(C(F)(F)F)cc3)C2)n1. The highest BCUT2D eigenvalue weighted by Crippen LogP contribution is 2.31. The molecular formula is C16H16F3N3O2. The standard InChI is InChI=1S/C16H16F3N3O2/c1-2-13-20-15(24-21-13)11-7-14(23)22(9-11)8-10-3-5-12(6-4-10)16(17,18)19/h3-6,11H,2,7-9H2,1H3. The fourth-order valence-electron chi connectivity index (χ4n) is 2.69. The molecule has 1 aromatic heterocycles. The van der Waals surface area contributed by atoms with Crippen LogP contribution in [0.2, 0.25) is 0 Å². The minimum atomic E-state index is -4.36. The molecule has 0 radical (unpaired) electrons. The van der Waals surface area contributed by atoms with Gasteiger partial charge in [-0.05, 0) is 17.7 Å². The van der Waals surface area contributed by atoms with Crippen molar-refractivity contribution in [2.75, 3.05) is 6.54 Å². The number of nitrogens with zero attached hydrogens (tertiary/aromatic N) is 3. The second-order valence-corrected chi connectivity index (χ2v) is 5.77. The van der Waals surface area contributed by atoms with Gasteiger partial charge in [0.2, 0.25) is 11.8 Å². The number of carbonyl (C=O) groups excluding carboxylic acids is 1. The zero-order chi connectivity index (χ0) is 17.3. The number of halogens is 3. The molecule has 1 aliphatic rings. The van der Waals surface area contributed by atoms with Crippen LogP contribution in [-0.2, 0) is 23.9 Å². The van der Waals surface area contributed by atoms with Crippen molar-refractivity contribution in [1.82, 2.24) is 15.0 Å². The molecule has 0 bridgehead atoms. The lowest BCUT2D eigenvalue weighted by atomic mass is 10.1. The van der Waals surface area contributed by atoms with Gasteiger partial charge in [0.1, 0.15) is 0 Å². The molecule has 3 rings (SSSR count). The molecular weight excluding hydrogens is 323 g/mol. The average molecular weight is 339 g/mol. The lowest BCUT2D eigenvalue weighted by Crippen LogP contribution is -2.24. The quantitative estimate of drug-likeness (QED) is 0.858. The molecule has 128 valence electrons. The Kier molecular flexibility index (Phi) is 4.29. The van der Waals surface area contributed by atoms with Crippen LogP contribution in [0.5, 0.6) is 0 Å². The fraction of sp³-hybridized carbons (Fsp3) is 0.438. The monoisotopic (exact) mass is 339 g/mol. The van der Waals surface area contributed by atoms with Gasteiger partial charge < -0.3 is 9.42 Å². The van der Waals surface area contributed by atoms with Crippen molar-refractivity contribution in [3.63, 3.8) is 0 Å². The Bertz CT molecular complexity index is 725. The molecule has 1 fully saturated rings. The van der Waals surface area contributed by atoms with Crippen LogP contribution in [0.15, 0.2) is 28.8 Å². The van der Waals surface area contributed by atoms with Crippen LogP contribution in [-0.4, -0.2) is 27.5 Å². The van der Waals surface area contributed by atoms with E-state index in [-0.39, 0.29) is 24.8 Å². The molecule has 1 aromatic carbocycles. The van der Waals surface area contributed by atoms with E-state index in [0.29, 0.717) is 30.2 Å². The number of carbonyl (C=O) groups is 1. The molecule has 1 amide bonds. The summed E-state index contributed by atoms with van der Waals surface area (Å²) >= 11 is 0. The second kappa shape index (κ2) is 6.26. The van der Waals surface area contributed by atoms with E-state index in [9.17, 15) is 18.0 Å². The van der Waals surface area contributed by atoms with Crippen LogP contribution >= 0.6 is 0 Å². The van der Waals surface area contributed by atoms with Crippen molar-refractivity contribution in [2.24, 2.45) is 0 Å². The van der Waals surface area contributed by atoms with Crippen molar-refractivity contribution in [1.29, 1.82) is 0 Å². The molecule has 0 saturated carbocycles. The van der Waals surface area contributed by atoms with Gasteiger partial charge in [0.15, 0.2) is 5.82 Å². The third-order valence-electron chi connectivity index (χ3n) is 4.02. The first-order valence-electron chi connectivity index (χ1n) is 7.63. The van der Waals surface area contributed by atoms with Gasteiger partial charge in [-0.3, -0.25) is 4.79 Å². The number of alkyl halides is 3. The van der Waals surface area contributed by atoms with E-state index in [1.807, 2.05) is 6.92 Å². The first-order chi connectivity index (χ1) is 11.4. The van der Waals surface area contributed by atoms with Crippen molar-refractivity contribution < 1.29 is 22.5 Å². The summed E-state index contributed by atoms with van der Waals surface area (Å²) in [6, 6.07) is 4.84. The van der Waals surface area contributed by atoms with Gasteiger partial charge in [0, 0.05) is 25.9 Å². The maximum absolute atomic E-state index is 12.6. The molecule has 2 heterocycles. The number of aromatic nitrogens is 2. The lowest BCUT2D eigenvalue weighted by Gasteiger charge is -2.16. The number of likely N-dealkylation sites (tertiary alicyclic amines) is 1. The maximum atomic E-state index is 12.6. The molecule has 8 heteroatoms. The summed E-state index contributed by atoms with van der Waals surface area (Å²) in [6.45, 7) is 2.60. The highest BCUT2D eigenvalue weighted by Gasteiger charge is 2.34. The predicted molar refractivity (Wildman–Crippen MR) is 77.9 cm³/mol. The normalized spacial score (nSPS) is 18.4. The van der Waals surface area contributed by atoms with E-state index in [1.54, 1.807) is 4.90 Å². The zero-order valence-corrected chi connectivity index (χ0v) is 13.0. The highest BCUT2D eigenvalue weighted by atomic mass is 19.4. The molecule has 24 heavy (non-hydrogen) atoms. The van der Waals surface area contributed by atoms with E-state index in [0.717, 1.165) is 12.1 Å². The van der Waals surface area contributed by atoms with Gasteiger partial charge in [0.25, 0.3) is 0 Å². The fourth-order valence-corrected chi connectivity index (χ4v) is 2.69. The average Bonchev–Trinajstić information content (AvgIpc) is 3.14. The molecule has 0 aliphatic carbocycles. The first kappa shape index (κ1) is 16.5. The highest BCUT2D eigenvalue weighted by molar-refractivity contribution is 5.79. The Balaban J connectivity index is 1.66. The first-order valence-corrected chi connectivity index (χ1v) is 7.63. The summed E-state index contributed by atoms with van der Waals surface area (Å²) in [6.07, 6.45) is -3.44. The topological polar surface area (TPSA) is 59.2 Å². The van der Waals surface area contributed by atoms with Crippen molar-refractivity contribution >= 4 is 5.91 Å². The van der Waals surface area contributed by atoms with E-state index in [2.05, 4.69) is 10.1 Å². The van der Waals surface area contributed by atoms with E-state index >= 15 is 0 Å². The van der Waals surface area contributed by atoms with Crippen molar-refractivity contribution in [3.05, 3.63) is 47.1 Å². The Labute approximate surface area is 136 Å². The number of benzene rings is 1. The van der Waals surface area contributed by atoms with Crippen molar-refractivity contribution in [2.45, 2.75) is 38.4 Å². The Hall–Kier alpha value is -2.38. The summed E-state index contributed by atoms with van der Waals surface area (Å²) in [5, 5.41) is 3.82. The Morgan fingerprint density at radius 1 is 1.29 bits per heavy atom. The number of hydrogen-bond donors (Lipinski definition) is 0. The van der Waals surface area contributed by atoms with Gasteiger partial charge >= 0.3 is 6.18 Å². The molecule has 0 spiro atoms. The summed E-state index contributed by atoms with van der Waals surface area (Å²) in [5.74, 6) is 0.796. The van der Waals surface area contributed by atoms with Crippen LogP contribution in [0.4, 0.5) is 13.2 Å². The summed E-state index contributed by atoms with van der Waals surface area (Å²) < 4.78 is 42.9. The number of amides is 1. The van der Waals surface area contributed by atoms with E-state index in [1.165, 1.54) is 12.1 Å². The van der Waals surface area contributed by atoms with Gasteiger partial charge in [-0.15, -0.1) is 0 Å². The number of aryl methyl sites for hydroxylation is 1. The molecule has 0 N–H and O–H groups in total. The number of hydrogen-bond acceptors (Lipinski definition) is 4. The molecule has 5 nitrogen and oxygen atoms in total. The van der Waals surface area contributed by atoms with Crippen molar-refractivity contribution in [3.8, 4) is 0 Å². The maximum Gasteiger partial charge on any atom is 0.416 e. The van der Waals surface area contributed by atoms with Gasteiger partial charge in [-0.2, -0.15) is 18.2 Å². The molecule has 1 saturated heterocycles. The molecule has 1 unspecified atom stereocenters. The van der Waals surface area contributed by atoms with Crippen LogP contribution in [0.3, 0.4) is 0 Å². The van der Waals surface area contributed by atoms with Gasteiger partial charge in [0.05, 0.1) is 11.5 Å². The van der Waals surface area contributed by atoms with Gasteiger partial charge in [-0.25, -0.2) is 0 Å². The van der Waals surface area contributed by atoms with Crippen LogP contribution in [0, 0.1) is 0 Å². The van der Waals surface area contributed by atoms with Crippen LogP contribution in [0.1, 0.15) is 42.1 Å². The largest absolute Gasteiger partial charge is 0.416 e. The third-order valence-corrected chi connectivity index (χ3v) is 4.02. The van der Waals surface area contributed by atoms with E-state index in [4.69, 9.17) is 4.52 Å². The predicted octanol–water partition coefficient (Wildman–Crippen LogP) is 3.17. The Morgan fingerprint density at radius 2 is 2.00 bits per heavy atom. The number of rotatable bonds is 4. The smallest absolute Gasteiger partial charge is 0.339 e. The summed E-state index contributed by atoms with van der Waals surface area (Å²) in [7, 11) is 0. The minimum Gasteiger partial charge on any atom is -0.339 e. The lowest BCUT2D eigenvalue weighted by molar-refractivity contribution is -0.137. The molecule has 1 aliphatic heterocycles. The minimum absolute atomic E-state index is 0.0730. The Morgan fingerprint density at radius 3 is 2.58 bits per heavy atom. The van der Waals surface area contributed by atoms with E-state index < -0.39 is 11.7 Å². The van der Waals surface area contributed by atoms with Crippen LogP contribution in [0.25, 0.3) is 0 Å².